The maximum atomic E-state index is 13.2. The lowest BCUT2D eigenvalue weighted by atomic mass is 10.0. The van der Waals surface area contributed by atoms with Gasteiger partial charge in [0.05, 0.1) is 0 Å². The molecule has 2 saturated heterocycles. The van der Waals surface area contributed by atoms with Crippen molar-refractivity contribution in [2.75, 3.05) is 32.7 Å². The molecule has 2 N–H and O–H groups in total. The van der Waals surface area contributed by atoms with Crippen molar-refractivity contribution in [2.45, 2.75) is 24.9 Å². The Labute approximate surface area is 124 Å². The minimum Gasteiger partial charge on any atom is -0.329 e. The van der Waals surface area contributed by atoms with Crippen LogP contribution in [-0.4, -0.2) is 48.6 Å². The molecule has 1 aromatic carbocycles. The predicted molar refractivity (Wildman–Crippen MR) is 79.4 cm³/mol. The Morgan fingerprint density at radius 3 is 2.95 bits per heavy atom. The summed E-state index contributed by atoms with van der Waals surface area (Å²) in [6.45, 7) is 4.88. The monoisotopic (exact) mass is 297 g/mol. The molecule has 2 atom stereocenters. The van der Waals surface area contributed by atoms with Gasteiger partial charge in [0.2, 0.25) is 0 Å². The highest BCUT2D eigenvalue weighted by Crippen LogP contribution is 2.31. The summed E-state index contributed by atoms with van der Waals surface area (Å²) < 4.78 is 13.2. The smallest absolute Gasteiger partial charge is 0.124 e. The number of hydrogen-bond donors (Lipinski definition) is 1. The van der Waals surface area contributed by atoms with Crippen LogP contribution in [0.15, 0.2) is 18.2 Å². The second-order valence-corrected chi connectivity index (χ2v) is 6.15. The predicted octanol–water partition coefficient (Wildman–Crippen LogP) is 2.26. The third-order valence-electron chi connectivity index (χ3n) is 4.60. The Morgan fingerprint density at radius 1 is 1.35 bits per heavy atom. The summed E-state index contributed by atoms with van der Waals surface area (Å²) in [6.07, 6.45) is 2.56. The van der Waals surface area contributed by atoms with E-state index < -0.39 is 0 Å². The molecule has 0 aromatic heterocycles. The molecular weight excluding hydrogens is 277 g/mol. The van der Waals surface area contributed by atoms with Gasteiger partial charge >= 0.3 is 0 Å². The minimum absolute atomic E-state index is 0.0887. The van der Waals surface area contributed by atoms with Crippen molar-refractivity contribution in [3.63, 3.8) is 0 Å². The fraction of sp³-hybridized carbons (Fsp3) is 0.600. The summed E-state index contributed by atoms with van der Waals surface area (Å²) >= 11 is 6.20. The molecule has 0 radical (unpaired) electrons. The number of piperazine rings is 1. The van der Waals surface area contributed by atoms with E-state index in [1.54, 1.807) is 6.07 Å². The first-order valence-corrected chi connectivity index (χ1v) is 7.70. The maximum absolute atomic E-state index is 13.2. The van der Waals surface area contributed by atoms with Crippen LogP contribution in [0.4, 0.5) is 4.39 Å². The molecule has 2 aliphatic heterocycles. The summed E-state index contributed by atoms with van der Waals surface area (Å²) in [7, 11) is 0. The number of benzene rings is 1. The van der Waals surface area contributed by atoms with Gasteiger partial charge < -0.3 is 5.73 Å². The van der Waals surface area contributed by atoms with Gasteiger partial charge in [0, 0.05) is 43.3 Å². The zero-order valence-electron chi connectivity index (χ0n) is 11.6. The Balaban J connectivity index is 1.79. The lowest BCUT2D eigenvalue weighted by molar-refractivity contribution is 0.0737. The fourth-order valence-corrected chi connectivity index (χ4v) is 3.84. The molecule has 0 aliphatic carbocycles. The van der Waals surface area contributed by atoms with Crippen LogP contribution in [0, 0.1) is 5.82 Å². The van der Waals surface area contributed by atoms with Crippen molar-refractivity contribution in [1.29, 1.82) is 0 Å². The Morgan fingerprint density at radius 2 is 2.20 bits per heavy atom. The molecule has 2 heterocycles. The number of halogens is 2. The van der Waals surface area contributed by atoms with Gasteiger partial charge in [-0.15, -0.1) is 0 Å². The lowest BCUT2D eigenvalue weighted by Crippen LogP contribution is -2.52. The molecule has 2 unspecified atom stereocenters. The molecule has 2 aliphatic rings. The Bertz CT molecular complexity index is 482. The van der Waals surface area contributed by atoms with Crippen molar-refractivity contribution in [1.82, 2.24) is 9.80 Å². The van der Waals surface area contributed by atoms with Crippen LogP contribution in [0.2, 0.25) is 5.02 Å². The topological polar surface area (TPSA) is 32.5 Å². The van der Waals surface area contributed by atoms with Gasteiger partial charge in [-0.2, -0.15) is 0 Å². The average molecular weight is 298 g/mol. The molecule has 2 fully saturated rings. The highest BCUT2D eigenvalue weighted by atomic mass is 35.5. The van der Waals surface area contributed by atoms with Crippen LogP contribution < -0.4 is 5.73 Å². The van der Waals surface area contributed by atoms with E-state index in [2.05, 4.69) is 9.80 Å². The van der Waals surface area contributed by atoms with Gasteiger partial charge in [-0.25, -0.2) is 4.39 Å². The highest BCUT2D eigenvalue weighted by Gasteiger charge is 2.33. The summed E-state index contributed by atoms with van der Waals surface area (Å²) in [5.74, 6) is -0.296. The molecule has 20 heavy (non-hydrogen) atoms. The molecular formula is C15H21ClFN3. The maximum Gasteiger partial charge on any atom is 0.124 e. The highest BCUT2D eigenvalue weighted by molar-refractivity contribution is 6.31. The van der Waals surface area contributed by atoms with Crippen LogP contribution in [0.1, 0.15) is 24.4 Å². The SMILES string of the molecule is NCC(c1ccc(F)cc1Cl)N1CCN2CCCC2C1. The van der Waals surface area contributed by atoms with Gasteiger partial charge in [-0.05, 0) is 37.1 Å². The van der Waals surface area contributed by atoms with Crippen LogP contribution in [0.25, 0.3) is 0 Å². The fourth-order valence-electron chi connectivity index (χ4n) is 3.54. The Hall–Kier alpha value is -0.680. The molecule has 0 bridgehead atoms. The molecule has 5 heteroatoms. The van der Waals surface area contributed by atoms with E-state index in [1.165, 1.54) is 31.5 Å². The second kappa shape index (κ2) is 5.98. The molecule has 0 saturated carbocycles. The van der Waals surface area contributed by atoms with Crippen LogP contribution in [-0.2, 0) is 0 Å². The van der Waals surface area contributed by atoms with Crippen molar-refractivity contribution in [2.24, 2.45) is 5.73 Å². The third kappa shape index (κ3) is 2.70. The summed E-state index contributed by atoms with van der Waals surface area (Å²) in [5.41, 5.74) is 6.92. The van der Waals surface area contributed by atoms with Gasteiger partial charge in [-0.1, -0.05) is 17.7 Å². The first kappa shape index (κ1) is 14.3. The van der Waals surface area contributed by atoms with Crippen LogP contribution in [0.3, 0.4) is 0 Å². The van der Waals surface area contributed by atoms with Gasteiger partial charge in [0.15, 0.2) is 0 Å². The van der Waals surface area contributed by atoms with Crippen LogP contribution in [0.5, 0.6) is 0 Å². The van der Waals surface area contributed by atoms with Crippen molar-refractivity contribution < 1.29 is 4.39 Å². The average Bonchev–Trinajstić information content (AvgIpc) is 2.89. The third-order valence-corrected chi connectivity index (χ3v) is 4.93. The van der Waals surface area contributed by atoms with E-state index in [4.69, 9.17) is 17.3 Å². The summed E-state index contributed by atoms with van der Waals surface area (Å²) in [6, 6.07) is 5.36. The molecule has 3 rings (SSSR count). The molecule has 110 valence electrons. The second-order valence-electron chi connectivity index (χ2n) is 5.74. The first-order valence-electron chi connectivity index (χ1n) is 7.32. The van der Waals surface area contributed by atoms with E-state index in [-0.39, 0.29) is 11.9 Å². The number of rotatable bonds is 3. The Kier molecular flexibility index (Phi) is 4.26. The summed E-state index contributed by atoms with van der Waals surface area (Å²) in [5, 5.41) is 0.481. The van der Waals surface area contributed by atoms with Gasteiger partial charge in [0.25, 0.3) is 0 Å². The van der Waals surface area contributed by atoms with Crippen molar-refractivity contribution in [3.05, 3.63) is 34.6 Å². The first-order chi connectivity index (χ1) is 9.69. The normalized spacial score (nSPS) is 25.6. The van der Waals surface area contributed by atoms with E-state index >= 15 is 0 Å². The number of hydrogen-bond acceptors (Lipinski definition) is 3. The number of nitrogens with two attached hydrogens (primary N) is 1. The largest absolute Gasteiger partial charge is 0.329 e. The van der Waals surface area contributed by atoms with Crippen LogP contribution >= 0.6 is 11.6 Å². The molecule has 0 spiro atoms. The van der Waals surface area contributed by atoms with Crippen molar-refractivity contribution in [3.8, 4) is 0 Å². The summed E-state index contributed by atoms with van der Waals surface area (Å²) in [4.78, 5) is 4.97. The number of nitrogens with zero attached hydrogens (tertiary/aromatic N) is 2. The van der Waals surface area contributed by atoms with E-state index in [0.29, 0.717) is 17.6 Å². The zero-order valence-corrected chi connectivity index (χ0v) is 12.3. The minimum atomic E-state index is -0.296. The van der Waals surface area contributed by atoms with Gasteiger partial charge in [0.1, 0.15) is 5.82 Å². The molecule has 0 amide bonds. The molecule has 1 aromatic rings. The van der Waals surface area contributed by atoms with E-state index in [1.807, 2.05) is 0 Å². The lowest BCUT2D eigenvalue weighted by Gasteiger charge is -2.41. The van der Waals surface area contributed by atoms with Gasteiger partial charge in [-0.3, -0.25) is 9.80 Å². The zero-order chi connectivity index (χ0) is 14.1. The quantitative estimate of drug-likeness (QED) is 0.929. The standard InChI is InChI=1S/C15H21ClFN3/c16-14-8-11(17)3-4-13(14)15(9-18)20-7-6-19-5-1-2-12(19)10-20/h3-4,8,12,15H,1-2,5-7,9-10,18H2. The number of fused-ring (bicyclic) bond motifs is 1. The molecule has 3 nitrogen and oxygen atoms in total. The van der Waals surface area contributed by atoms with Crippen molar-refractivity contribution >= 4 is 11.6 Å². The van der Waals surface area contributed by atoms with E-state index in [9.17, 15) is 4.39 Å². The van der Waals surface area contributed by atoms with E-state index in [0.717, 1.165) is 25.2 Å².